The summed E-state index contributed by atoms with van der Waals surface area (Å²) in [5, 5.41) is 0. The molecule has 0 atom stereocenters. The Morgan fingerprint density at radius 1 is 1.62 bits per heavy atom. The Bertz CT molecular complexity index is 66.8. The Morgan fingerprint density at radius 3 is 2.62 bits per heavy atom. The highest BCUT2D eigenvalue weighted by Crippen LogP contribution is 2.38. The van der Waals surface area contributed by atoms with Crippen molar-refractivity contribution in [2.75, 3.05) is 6.61 Å². The molecule has 1 aliphatic rings. The van der Waals surface area contributed by atoms with E-state index in [4.69, 9.17) is 4.74 Å². The molecular formula is C7H13O. The Kier molecular flexibility index (Phi) is 1.90. The first-order chi connectivity index (χ1) is 3.84. The van der Waals surface area contributed by atoms with Crippen LogP contribution in [0.25, 0.3) is 0 Å². The van der Waals surface area contributed by atoms with Crippen molar-refractivity contribution in [3.63, 3.8) is 0 Å². The molecule has 0 aromatic heterocycles. The zero-order valence-electron chi connectivity index (χ0n) is 5.61. The van der Waals surface area contributed by atoms with Crippen LogP contribution < -0.4 is 0 Å². The molecule has 0 aromatic rings. The van der Waals surface area contributed by atoms with Crippen LogP contribution in [0.3, 0.4) is 0 Å². The molecule has 0 amide bonds. The molecule has 0 aromatic carbocycles. The lowest BCUT2D eigenvalue weighted by Crippen LogP contribution is -1.99. The maximum Gasteiger partial charge on any atom is 0.0970 e. The second-order valence-corrected chi connectivity index (χ2v) is 2.32. The van der Waals surface area contributed by atoms with E-state index in [0.29, 0.717) is 0 Å². The van der Waals surface area contributed by atoms with E-state index >= 15 is 0 Å². The van der Waals surface area contributed by atoms with Crippen LogP contribution in [0.4, 0.5) is 0 Å². The van der Waals surface area contributed by atoms with Gasteiger partial charge in [0.15, 0.2) is 0 Å². The van der Waals surface area contributed by atoms with Gasteiger partial charge < -0.3 is 4.74 Å². The van der Waals surface area contributed by atoms with Gasteiger partial charge in [-0.3, -0.25) is 0 Å². The van der Waals surface area contributed by atoms with Crippen molar-refractivity contribution >= 4 is 0 Å². The fourth-order valence-electron chi connectivity index (χ4n) is 0.835. The predicted molar refractivity (Wildman–Crippen MR) is 33.3 cm³/mol. The normalized spacial score (nSPS) is 19.9. The molecule has 0 heterocycles. The van der Waals surface area contributed by atoms with Gasteiger partial charge >= 0.3 is 0 Å². The average molecular weight is 113 g/mol. The van der Waals surface area contributed by atoms with E-state index in [-0.39, 0.29) is 0 Å². The number of rotatable bonds is 3. The molecule has 0 N–H and O–H groups in total. The van der Waals surface area contributed by atoms with Crippen LogP contribution in [0.15, 0.2) is 0 Å². The van der Waals surface area contributed by atoms with Crippen LogP contribution in [-0.2, 0) is 4.74 Å². The van der Waals surface area contributed by atoms with Gasteiger partial charge in [-0.15, -0.1) is 0 Å². The number of hydrogen-bond donors (Lipinski definition) is 0. The van der Waals surface area contributed by atoms with Crippen molar-refractivity contribution in [1.29, 1.82) is 0 Å². The predicted octanol–water partition coefficient (Wildman–Crippen LogP) is 1.98. The van der Waals surface area contributed by atoms with Gasteiger partial charge in [-0.1, -0.05) is 0 Å². The molecule has 1 nitrogen and oxygen atoms in total. The standard InChI is InChI=1S/C7H13O/c1-3-8-6(2)7-4-5-7/h7H,3-5H2,1-2H3. The highest BCUT2D eigenvalue weighted by molar-refractivity contribution is 4.91. The monoisotopic (exact) mass is 113 g/mol. The summed E-state index contributed by atoms with van der Waals surface area (Å²) in [5.74, 6) is 0.815. The maximum atomic E-state index is 5.28. The summed E-state index contributed by atoms with van der Waals surface area (Å²) in [6, 6.07) is 0. The van der Waals surface area contributed by atoms with E-state index in [1.54, 1.807) is 0 Å². The number of ether oxygens (including phenoxy) is 1. The summed E-state index contributed by atoms with van der Waals surface area (Å²) in [6.07, 6.45) is 3.95. The lowest BCUT2D eigenvalue weighted by Gasteiger charge is -2.06. The molecule has 1 aliphatic carbocycles. The van der Waals surface area contributed by atoms with Gasteiger partial charge in [0.25, 0.3) is 0 Å². The Balaban J connectivity index is 2.03. The first-order valence-corrected chi connectivity index (χ1v) is 3.31. The minimum Gasteiger partial charge on any atom is -0.372 e. The molecule has 1 saturated carbocycles. The summed E-state index contributed by atoms with van der Waals surface area (Å²) >= 11 is 0. The molecule has 1 radical (unpaired) electrons. The highest BCUT2D eigenvalue weighted by Gasteiger charge is 2.28. The summed E-state index contributed by atoms with van der Waals surface area (Å²) in [6.45, 7) is 4.95. The zero-order chi connectivity index (χ0) is 5.98. The van der Waals surface area contributed by atoms with Gasteiger partial charge in [0, 0.05) is 6.61 Å². The van der Waals surface area contributed by atoms with Crippen molar-refractivity contribution in [2.24, 2.45) is 5.92 Å². The lowest BCUT2D eigenvalue weighted by molar-refractivity contribution is 0.147. The van der Waals surface area contributed by atoms with Crippen molar-refractivity contribution in [3.05, 3.63) is 6.10 Å². The Morgan fingerprint density at radius 2 is 2.25 bits per heavy atom. The molecule has 47 valence electrons. The molecular weight excluding hydrogens is 100 g/mol. The Hall–Kier alpha value is -0.0400. The van der Waals surface area contributed by atoms with Crippen LogP contribution in [0.5, 0.6) is 0 Å². The second kappa shape index (κ2) is 2.49. The number of hydrogen-bond acceptors (Lipinski definition) is 1. The summed E-state index contributed by atoms with van der Waals surface area (Å²) < 4.78 is 5.28. The molecule has 0 spiro atoms. The second-order valence-electron chi connectivity index (χ2n) is 2.32. The van der Waals surface area contributed by atoms with Crippen LogP contribution in [0, 0.1) is 12.0 Å². The SMILES string of the molecule is CCO[C](C)C1CC1. The quantitative estimate of drug-likeness (QED) is 0.543. The minimum atomic E-state index is 0.815. The van der Waals surface area contributed by atoms with Gasteiger partial charge in [-0.25, -0.2) is 0 Å². The maximum absolute atomic E-state index is 5.28. The third kappa shape index (κ3) is 1.48. The highest BCUT2D eigenvalue weighted by atomic mass is 16.5. The third-order valence-corrected chi connectivity index (χ3v) is 1.52. The van der Waals surface area contributed by atoms with E-state index in [2.05, 4.69) is 6.92 Å². The molecule has 1 heteroatoms. The van der Waals surface area contributed by atoms with Crippen LogP contribution in [0.2, 0.25) is 0 Å². The van der Waals surface area contributed by atoms with Crippen molar-refractivity contribution in [2.45, 2.75) is 26.7 Å². The van der Waals surface area contributed by atoms with Crippen molar-refractivity contribution < 1.29 is 4.74 Å². The van der Waals surface area contributed by atoms with Gasteiger partial charge in [0.05, 0.1) is 6.10 Å². The summed E-state index contributed by atoms with van der Waals surface area (Å²) in [7, 11) is 0. The van der Waals surface area contributed by atoms with E-state index in [1.807, 2.05) is 6.92 Å². The largest absolute Gasteiger partial charge is 0.372 e. The minimum absolute atomic E-state index is 0.815. The first kappa shape index (κ1) is 6.09. The van der Waals surface area contributed by atoms with Gasteiger partial charge in [-0.05, 0) is 32.6 Å². The average Bonchev–Trinajstić information content (AvgIpc) is 2.45. The van der Waals surface area contributed by atoms with E-state index < -0.39 is 0 Å². The molecule has 1 rings (SSSR count). The van der Waals surface area contributed by atoms with Crippen LogP contribution >= 0.6 is 0 Å². The molecule has 0 unspecified atom stereocenters. The van der Waals surface area contributed by atoms with E-state index in [9.17, 15) is 0 Å². The van der Waals surface area contributed by atoms with Crippen molar-refractivity contribution in [1.82, 2.24) is 0 Å². The topological polar surface area (TPSA) is 9.23 Å². The first-order valence-electron chi connectivity index (χ1n) is 3.31. The fraction of sp³-hybridized carbons (Fsp3) is 0.857. The molecule has 0 saturated heterocycles. The van der Waals surface area contributed by atoms with E-state index in [1.165, 1.54) is 18.9 Å². The van der Waals surface area contributed by atoms with Gasteiger partial charge in [-0.2, -0.15) is 0 Å². The van der Waals surface area contributed by atoms with E-state index in [0.717, 1.165) is 12.5 Å². The zero-order valence-corrected chi connectivity index (χ0v) is 5.61. The summed E-state index contributed by atoms with van der Waals surface area (Å²) in [5.41, 5.74) is 0. The molecule has 0 aliphatic heterocycles. The Labute approximate surface area is 51.0 Å². The molecule has 1 fully saturated rings. The smallest absolute Gasteiger partial charge is 0.0970 e. The summed E-state index contributed by atoms with van der Waals surface area (Å²) in [4.78, 5) is 0. The fourth-order valence-corrected chi connectivity index (χ4v) is 0.835. The molecule has 0 bridgehead atoms. The lowest BCUT2D eigenvalue weighted by atomic mass is 10.3. The van der Waals surface area contributed by atoms with Crippen LogP contribution in [-0.4, -0.2) is 6.61 Å². The van der Waals surface area contributed by atoms with Crippen LogP contribution in [0.1, 0.15) is 26.7 Å². The van der Waals surface area contributed by atoms with Gasteiger partial charge in [0.1, 0.15) is 0 Å². The van der Waals surface area contributed by atoms with Gasteiger partial charge in [0.2, 0.25) is 0 Å². The third-order valence-electron chi connectivity index (χ3n) is 1.52. The van der Waals surface area contributed by atoms with Crippen molar-refractivity contribution in [3.8, 4) is 0 Å². The molecule has 8 heavy (non-hydrogen) atoms.